The molecule has 2 N–H and O–H groups in total. The number of anilines is 2. The maximum absolute atomic E-state index is 12.1. The summed E-state index contributed by atoms with van der Waals surface area (Å²) in [4.78, 5) is 3.90. The predicted molar refractivity (Wildman–Crippen MR) is 81.6 cm³/mol. The number of rotatable bonds is 5. The highest BCUT2D eigenvalue weighted by Gasteiger charge is 2.15. The molecule has 0 unspecified atom stereocenters. The molecular formula is C12H8N6O2S2. The molecule has 0 saturated heterocycles. The van der Waals surface area contributed by atoms with E-state index in [4.69, 9.17) is 10.5 Å². The van der Waals surface area contributed by atoms with Gasteiger partial charge in [0.2, 0.25) is 5.71 Å². The van der Waals surface area contributed by atoms with Gasteiger partial charge in [0.05, 0.1) is 10.6 Å². The van der Waals surface area contributed by atoms with Gasteiger partial charge in [-0.05, 0) is 24.3 Å². The van der Waals surface area contributed by atoms with Crippen LogP contribution in [0.3, 0.4) is 0 Å². The zero-order valence-electron chi connectivity index (χ0n) is 10.9. The van der Waals surface area contributed by atoms with Crippen LogP contribution in [0, 0.1) is 22.7 Å². The SMILES string of the molecule is N#CC(C#N)=NNc1ccc(S(=O)(=O)Nc2nccs2)cc1. The molecule has 0 bridgehead atoms. The number of sulfonamides is 1. The van der Waals surface area contributed by atoms with Crippen molar-refractivity contribution in [2.45, 2.75) is 4.90 Å². The number of nitrogens with zero attached hydrogens (tertiary/aromatic N) is 4. The van der Waals surface area contributed by atoms with Gasteiger partial charge in [-0.2, -0.15) is 15.6 Å². The first-order valence-corrected chi connectivity index (χ1v) is 8.08. The van der Waals surface area contributed by atoms with Gasteiger partial charge in [0.25, 0.3) is 10.0 Å². The number of hydrogen-bond acceptors (Lipinski definition) is 8. The summed E-state index contributed by atoms with van der Waals surface area (Å²) in [6.07, 6.45) is 1.50. The molecule has 0 amide bonds. The number of hydrazone groups is 1. The summed E-state index contributed by atoms with van der Waals surface area (Å²) in [6.45, 7) is 0. The van der Waals surface area contributed by atoms with Crippen molar-refractivity contribution in [2.24, 2.45) is 5.10 Å². The van der Waals surface area contributed by atoms with Crippen molar-refractivity contribution >= 4 is 37.9 Å². The Hall–Kier alpha value is -2.95. The first-order valence-electron chi connectivity index (χ1n) is 5.71. The van der Waals surface area contributed by atoms with Crippen LogP contribution in [0.25, 0.3) is 0 Å². The van der Waals surface area contributed by atoms with Gasteiger partial charge < -0.3 is 0 Å². The Kier molecular flexibility index (Phi) is 4.68. The molecule has 10 heteroatoms. The normalized spacial score (nSPS) is 10.1. The van der Waals surface area contributed by atoms with E-state index in [0.29, 0.717) is 5.69 Å². The van der Waals surface area contributed by atoms with Gasteiger partial charge in [0.1, 0.15) is 12.1 Å². The Bertz CT molecular complexity index is 842. The summed E-state index contributed by atoms with van der Waals surface area (Å²) in [6, 6.07) is 8.86. The average Bonchev–Trinajstić information content (AvgIpc) is 3.01. The van der Waals surface area contributed by atoms with Crippen LogP contribution in [0.2, 0.25) is 0 Å². The third-order valence-corrected chi connectivity index (χ3v) is 4.50. The van der Waals surface area contributed by atoms with Gasteiger partial charge >= 0.3 is 0 Å². The summed E-state index contributed by atoms with van der Waals surface area (Å²) in [7, 11) is -3.71. The Balaban J connectivity index is 2.14. The van der Waals surface area contributed by atoms with Crippen LogP contribution in [-0.4, -0.2) is 19.1 Å². The maximum Gasteiger partial charge on any atom is 0.263 e. The number of benzene rings is 1. The van der Waals surface area contributed by atoms with Crippen molar-refractivity contribution in [3.8, 4) is 12.1 Å². The van der Waals surface area contributed by atoms with Gasteiger partial charge in [0, 0.05) is 11.6 Å². The Morgan fingerprint density at radius 3 is 2.45 bits per heavy atom. The van der Waals surface area contributed by atoms with Crippen LogP contribution in [-0.2, 0) is 10.0 Å². The van der Waals surface area contributed by atoms with E-state index in [1.807, 2.05) is 0 Å². The van der Waals surface area contributed by atoms with Gasteiger partial charge in [-0.3, -0.25) is 10.1 Å². The summed E-state index contributed by atoms with van der Waals surface area (Å²) < 4.78 is 26.5. The lowest BCUT2D eigenvalue weighted by Crippen LogP contribution is -2.12. The lowest BCUT2D eigenvalue weighted by atomic mass is 10.3. The Labute approximate surface area is 130 Å². The molecule has 110 valence electrons. The van der Waals surface area contributed by atoms with E-state index in [0.717, 1.165) is 0 Å². The van der Waals surface area contributed by atoms with Crippen LogP contribution in [0.4, 0.5) is 10.8 Å². The fourth-order valence-electron chi connectivity index (χ4n) is 1.35. The quantitative estimate of drug-likeness (QED) is 0.633. The fraction of sp³-hybridized carbons (Fsp3) is 0. The van der Waals surface area contributed by atoms with Crippen LogP contribution in [0.1, 0.15) is 0 Å². The van der Waals surface area contributed by atoms with Gasteiger partial charge in [-0.15, -0.1) is 11.3 Å². The summed E-state index contributed by atoms with van der Waals surface area (Å²) in [5.74, 6) is 0. The number of hydrogen-bond donors (Lipinski definition) is 2. The van der Waals surface area contributed by atoms with E-state index in [1.54, 1.807) is 17.5 Å². The summed E-state index contributed by atoms with van der Waals surface area (Å²) in [5, 5.41) is 22.6. The van der Waals surface area contributed by atoms with E-state index in [1.165, 1.54) is 41.8 Å². The third kappa shape index (κ3) is 3.79. The molecule has 0 saturated carbocycles. The Morgan fingerprint density at radius 1 is 1.23 bits per heavy atom. The molecule has 0 atom stereocenters. The molecule has 2 aromatic rings. The second kappa shape index (κ2) is 6.67. The molecular weight excluding hydrogens is 324 g/mol. The second-order valence-electron chi connectivity index (χ2n) is 3.76. The van der Waals surface area contributed by atoms with Crippen LogP contribution < -0.4 is 10.1 Å². The highest BCUT2D eigenvalue weighted by molar-refractivity contribution is 7.93. The fourth-order valence-corrected chi connectivity index (χ4v) is 3.14. The molecule has 1 heterocycles. The standard InChI is InChI=1S/C12H8N6O2S2/c13-7-10(8-14)17-16-9-1-3-11(4-2-9)22(19,20)18-12-15-5-6-21-12/h1-6,16H,(H,15,18). The Morgan fingerprint density at radius 2 is 1.91 bits per heavy atom. The molecule has 2 rings (SSSR count). The van der Waals surface area contributed by atoms with Crippen molar-refractivity contribution in [2.75, 3.05) is 10.1 Å². The van der Waals surface area contributed by atoms with E-state index >= 15 is 0 Å². The number of nitriles is 2. The summed E-state index contributed by atoms with van der Waals surface area (Å²) >= 11 is 1.17. The molecule has 8 nitrogen and oxygen atoms in total. The van der Waals surface area contributed by atoms with Crippen LogP contribution in [0.5, 0.6) is 0 Å². The van der Waals surface area contributed by atoms with Crippen molar-refractivity contribution in [1.29, 1.82) is 10.5 Å². The zero-order chi connectivity index (χ0) is 16.0. The highest BCUT2D eigenvalue weighted by Crippen LogP contribution is 2.19. The van der Waals surface area contributed by atoms with Crippen LogP contribution in [0.15, 0.2) is 45.8 Å². The molecule has 1 aromatic heterocycles. The first kappa shape index (κ1) is 15.4. The smallest absolute Gasteiger partial charge is 0.263 e. The van der Waals surface area contributed by atoms with Gasteiger partial charge in [0.15, 0.2) is 5.13 Å². The first-order chi connectivity index (χ1) is 10.5. The molecule has 0 aliphatic carbocycles. The minimum atomic E-state index is -3.71. The van der Waals surface area contributed by atoms with Gasteiger partial charge in [-0.1, -0.05) is 0 Å². The van der Waals surface area contributed by atoms with E-state index in [2.05, 4.69) is 20.2 Å². The lowest BCUT2D eigenvalue weighted by molar-refractivity contribution is 0.601. The molecule has 0 fully saturated rings. The number of aromatic nitrogens is 1. The highest BCUT2D eigenvalue weighted by atomic mass is 32.2. The predicted octanol–water partition coefficient (Wildman–Crippen LogP) is 1.76. The van der Waals surface area contributed by atoms with E-state index in [9.17, 15) is 8.42 Å². The monoisotopic (exact) mass is 332 g/mol. The summed E-state index contributed by atoms with van der Waals surface area (Å²) in [5.41, 5.74) is 2.60. The van der Waals surface area contributed by atoms with Crippen LogP contribution >= 0.6 is 11.3 Å². The van der Waals surface area contributed by atoms with E-state index in [-0.39, 0.29) is 15.7 Å². The number of nitrogens with one attached hydrogen (secondary N) is 2. The second-order valence-corrected chi connectivity index (χ2v) is 6.34. The van der Waals surface area contributed by atoms with Crippen molar-refractivity contribution in [1.82, 2.24) is 4.98 Å². The zero-order valence-corrected chi connectivity index (χ0v) is 12.5. The largest absolute Gasteiger partial charge is 0.277 e. The topological polar surface area (TPSA) is 131 Å². The van der Waals surface area contributed by atoms with E-state index < -0.39 is 10.0 Å². The van der Waals surface area contributed by atoms with Crippen molar-refractivity contribution < 1.29 is 8.42 Å². The maximum atomic E-state index is 12.1. The van der Waals surface area contributed by atoms with Gasteiger partial charge in [-0.25, -0.2) is 13.4 Å². The van der Waals surface area contributed by atoms with Crippen molar-refractivity contribution in [3.63, 3.8) is 0 Å². The lowest BCUT2D eigenvalue weighted by Gasteiger charge is -2.06. The third-order valence-electron chi connectivity index (χ3n) is 2.33. The molecule has 0 spiro atoms. The molecule has 0 aliphatic heterocycles. The molecule has 0 radical (unpaired) electrons. The molecule has 1 aromatic carbocycles. The molecule has 0 aliphatic rings. The van der Waals surface area contributed by atoms with Crippen molar-refractivity contribution in [3.05, 3.63) is 35.8 Å². The molecule has 22 heavy (non-hydrogen) atoms. The minimum absolute atomic E-state index is 0.0537. The number of thiazole rings is 1. The average molecular weight is 332 g/mol. The minimum Gasteiger partial charge on any atom is -0.277 e.